The molecule has 2 aromatic heterocycles. The second kappa shape index (κ2) is 13.1. The molecular formula is C24H30N6O10. The summed E-state index contributed by atoms with van der Waals surface area (Å²) >= 11 is 0. The lowest BCUT2D eigenvalue weighted by atomic mass is 9.97. The fourth-order valence-corrected chi connectivity index (χ4v) is 4.01. The van der Waals surface area contributed by atoms with Crippen LogP contribution < -0.4 is 5.32 Å². The Kier molecular flexibility index (Phi) is 9.82. The molecule has 0 radical (unpaired) electrons. The van der Waals surface area contributed by atoms with Gasteiger partial charge in [0.25, 0.3) is 5.91 Å². The molecule has 1 aliphatic rings. The molecule has 3 heterocycles. The minimum Gasteiger partial charge on any atom is -0.463 e. The average Bonchev–Trinajstić information content (AvgIpc) is 3.32. The van der Waals surface area contributed by atoms with Gasteiger partial charge < -0.3 is 29.0 Å². The molecule has 0 aromatic carbocycles. The predicted octanol–water partition coefficient (Wildman–Crippen LogP) is -0.129. The lowest BCUT2D eigenvalue weighted by molar-refractivity contribution is -0.270. The molecule has 40 heavy (non-hydrogen) atoms. The van der Waals surface area contributed by atoms with Gasteiger partial charge in [-0.15, -0.1) is 5.10 Å². The summed E-state index contributed by atoms with van der Waals surface area (Å²) < 4.78 is 28.5. The topological polar surface area (TPSA) is 200 Å². The Morgan fingerprint density at radius 1 is 0.925 bits per heavy atom. The van der Waals surface area contributed by atoms with Crippen molar-refractivity contribution in [3.05, 3.63) is 35.2 Å². The van der Waals surface area contributed by atoms with Crippen LogP contribution >= 0.6 is 0 Å². The predicted molar refractivity (Wildman–Crippen MR) is 130 cm³/mol. The highest BCUT2D eigenvalue weighted by molar-refractivity contribution is 5.94. The zero-order chi connectivity index (χ0) is 29.6. The number of nitrogens with one attached hydrogen (secondary N) is 1. The van der Waals surface area contributed by atoms with E-state index < -0.39 is 60.4 Å². The Labute approximate surface area is 228 Å². The first-order valence-corrected chi connectivity index (χ1v) is 12.1. The standard InChI is InChI=1S/C24H30N6O10/c1-11-18(8-25-12(2)27-11)23(35)26-7-17-9-30(29-28-17)24-22(39-16(6)34)21(38-15(5)33)20(37-14(4)32)19(40-24)10-36-13(3)31/h8-9,19-22,24H,7,10H2,1-6H3,(H,26,35)/t19-,20-,21+,22-,24-/m1/s1. The third-order valence-corrected chi connectivity index (χ3v) is 5.56. The number of carbonyl (C=O) groups excluding carboxylic acids is 5. The SMILES string of the molecule is CC(=O)OC[C@H]1O[C@@H](n2cc(CNC(=O)c3cnc(C)nc3C)nn2)[C@H](OC(C)=O)[C@@H](OC(C)=O)[C@@H]1OC(C)=O. The number of aryl methyl sites for hydroxylation is 2. The van der Waals surface area contributed by atoms with Crippen LogP contribution in [0, 0.1) is 13.8 Å². The van der Waals surface area contributed by atoms with Crippen molar-refractivity contribution in [3.63, 3.8) is 0 Å². The molecule has 0 aliphatic carbocycles. The van der Waals surface area contributed by atoms with Gasteiger partial charge in [-0.05, 0) is 13.8 Å². The van der Waals surface area contributed by atoms with Gasteiger partial charge >= 0.3 is 23.9 Å². The van der Waals surface area contributed by atoms with Crippen LogP contribution in [0.5, 0.6) is 0 Å². The van der Waals surface area contributed by atoms with E-state index in [0.717, 1.165) is 20.8 Å². The van der Waals surface area contributed by atoms with Crippen LogP contribution in [0.25, 0.3) is 0 Å². The minimum atomic E-state index is -1.36. The number of rotatable bonds is 9. The van der Waals surface area contributed by atoms with E-state index in [-0.39, 0.29) is 18.7 Å². The summed E-state index contributed by atoms with van der Waals surface area (Å²) in [6, 6.07) is 0. The van der Waals surface area contributed by atoms with Crippen molar-refractivity contribution in [2.45, 2.75) is 78.7 Å². The lowest BCUT2D eigenvalue weighted by Crippen LogP contribution is -2.60. The van der Waals surface area contributed by atoms with Crippen molar-refractivity contribution in [1.82, 2.24) is 30.3 Å². The summed E-state index contributed by atoms with van der Waals surface area (Å²) in [6.45, 7) is 7.52. The van der Waals surface area contributed by atoms with E-state index in [1.807, 2.05) is 0 Å². The largest absolute Gasteiger partial charge is 0.463 e. The Morgan fingerprint density at radius 3 is 2.15 bits per heavy atom. The molecule has 1 fully saturated rings. The maximum absolute atomic E-state index is 12.6. The molecule has 2 aromatic rings. The summed E-state index contributed by atoms with van der Waals surface area (Å²) in [6.07, 6.45) is -3.58. The van der Waals surface area contributed by atoms with Crippen molar-refractivity contribution >= 4 is 29.8 Å². The lowest BCUT2D eigenvalue weighted by Gasteiger charge is -2.44. The summed E-state index contributed by atoms with van der Waals surface area (Å²) in [4.78, 5) is 68.2. The maximum Gasteiger partial charge on any atom is 0.303 e. The molecular weight excluding hydrogens is 532 g/mol. The Balaban J connectivity index is 1.89. The first-order valence-electron chi connectivity index (χ1n) is 12.1. The van der Waals surface area contributed by atoms with E-state index in [1.165, 1.54) is 24.0 Å². The zero-order valence-electron chi connectivity index (χ0n) is 22.8. The number of amides is 1. The molecule has 0 saturated carbocycles. The van der Waals surface area contributed by atoms with Gasteiger partial charge in [0, 0.05) is 33.9 Å². The van der Waals surface area contributed by atoms with Gasteiger partial charge in [0.2, 0.25) is 0 Å². The molecule has 0 bridgehead atoms. The molecule has 1 N–H and O–H groups in total. The van der Waals surface area contributed by atoms with Crippen molar-refractivity contribution in [2.75, 3.05) is 6.61 Å². The quantitative estimate of drug-likeness (QED) is 0.313. The fraction of sp³-hybridized carbons (Fsp3) is 0.542. The van der Waals surface area contributed by atoms with E-state index in [1.54, 1.807) is 13.8 Å². The second-order valence-corrected chi connectivity index (χ2v) is 8.88. The van der Waals surface area contributed by atoms with Crippen LogP contribution in [0.3, 0.4) is 0 Å². The van der Waals surface area contributed by atoms with Gasteiger partial charge in [0.05, 0.1) is 24.0 Å². The Morgan fingerprint density at radius 2 is 1.55 bits per heavy atom. The fourth-order valence-electron chi connectivity index (χ4n) is 4.01. The normalized spacial score (nSPS) is 22.1. The number of carbonyl (C=O) groups is 5. The van der Waals surface area contributed by atoms with Crippen molar-refractivity contribution in [1.29, 1.82) is 0 Å². The maximum atomic E-state index is 12.6. The Bertz CT molecular complexity index is 1280. The Hall–Kier alpha value is -4.47. The zero-order valence-corrected chi connectivity index (χ0v) is 22.8. The third-order valence-electron chi connectivity index (χ3n) is 5.56. The molecule has 3 rings (SSSR count). The molecule has 216 valence electrons. The highest BCUT2D eigenvalue weighted by atomic mass is 16.7. The minimum absolute atomic E-state index is 0.0442. The van der Waals surface area contributed by atoms with Crippen LogP contribution in [0.1, 0.15) is 61.5 Å². The summed E-state index contributed by atoms with van der Waals surface area (Å²) in [7, 11) is 0. The number of hydrogen-bond donors (Lipinski definition) is 1. The molecule has 0 spiro atoms. The van der Waals surface area contributed by atoms with Crippen molar-refractivity contribution in [3.8, 4) is 0 Å². The van der Waals surface area contributed by atoms with Crippen LogP contribution in [0.2, 0.25) is 0 Å². The molecule has 1 saturated heterocycles. The molecule has 1 amide bonds. The first-order chi connectivity index (χ1) is 18.8. The number of nitrogens with zero attached hydrogens (tertiary/aromatic N) is 5. The van der Waals surface area contributed by atoms with E-state index in [2.05, 4.69) is 25.6 Å². The number of aromatic nitrogens is 5. The average molecular weight is 563 g/mol. The van der Waals surface area contributed by atoms with Gasteiger partial charge in [-0.1, -0.05) is 5.21 Å². The van der Waals surface area contributed by atoms with E-state index in [9.17, 15) is 24.0 Å². The van der Waals surface area contributed by atoms with E-state index in [4.69, 9.17) is 23.7 Å². The van der Waals surface area contributed by atoms with Crippen LogP contribution in [0.4, 0.5) is 0 Å². The molecule has 0 unspecified atom stereocenters. The van der Waals surface area contributed by atoms with Gasteiger partial charge in [-0.25, -0.2) is 14.6 Å². The van der Waals surface area contributed by atoms with E-state index in [0.29, 0.717) is 17.2 Å². The van der Waals surface area contributed by atoms with E-state index >= 15 is 0 Å². The second-order valence-electron chi connectivity index (χ2n) is 8.88. The van der Waals surface area contributed by atoms with Gasteiger partial charge in [-0.3, -0.25) is 24.0 Å². The number of esters is 4. The van der Waals surface area contributed by atoms with Crippen LogP contribution in [-0.2, 0) is 49.4 Å². The molecule has 16 heteroatoms. The van der Waals surface area contributed by atoms with Gasteiger partial charge in [-0.2, -0.15) is 0 Å². The third kappa shape index (κ3) is 7.78. The summed E-state index contributed by atoms with van der Waals surface area (Å²) in [5, 5.41) is 10.7. The summed E-state index contributed by atoms with van der Waals surface area (Å²) in [5.74, 6) is -2.80. The van der Waals surface area contributed by atoms with Crippen LogP contribution in [-0.4, -0.2) is 85.8 Å². The highest BCUT2D eigenvalue weighted by Crippen LogP contribution is 2.34. The summed E-state index contributed by atoms with van der Waals surface area (Å²) in [5.41, 5.74) is 1.09. The smallest absolute Gasteiger partial charge is 0.303 e. The molecule has 1 aliphatic heterocycles. The first kappa shape index (κ1) is 30.1. The van der Waals surface area contributed by atoms with Gasteiger partial charge in [0.1, 0.15) is 24.2 Å². The van der Waals surface area contributed by atoms with Crippen molar-refractivity contribution in [2.24, 2.45) is 0 Å². The van der Waals surface area contributed by atoms with Gasteiger partial charge in [0.15, 0.2) is 24.5 Å². The number of hydrogen-bond acceptors (Lipinski definition) is 14. The highest BCUT2D eigenvalue weighted by Gasteiger charge is 2.53. The molecule has 16 nitrogen and oxygen atoms in total. The monoisotopic (exact) mass is 562 g/mol. The van der Waals surface area contributed by atoms with Crippen LogP contribution in [0.15, 0.2) is 12.4 Å². The molecule has 5 atom stereocenters. The number of ether oxygens (including phenoxy) is 5. The van der Waals surface area contributed by atoms with Crippen molar-refractivity contribution < 1.29 is 47.7 Å².